The Morgan fingerprint density at radius 2 is 0.811 bits per heavy atom. The van der Waals surface area contributed by atoms with Crippen LogP contribution in [0, 0.1) is 0 Å². The van der Waals surface area contributed by atoms with Crippen LogP contribution in [0.5, 0.6) is 11.5 Å². The van der Waals surface area contributed by atoms with E-state index in [0.29, 0.717) is 0 Å². The molecule has 5 aromatic rings. The van der Waals surface area contributed by atoms with Crippen molar-refractivity contribution >= 4 is 52.7 Å². The molecule has 7 rings (SSSR count). The second-order valence-corrected chi connectivity index (χ2v) is 16.4. The van der Waals surface area contributed by atoms with E-state index in [2.05, 4.69) is 65.1 Å². The molecule has 0 bridgehead atoms. The lowest BCUT2D eigenvalue weighted by atomic mass is 10.0. The summed E-state index contributed by atoms with van der Waals surface area (Å²) in [4.78, 5) is 0. The fourth-order valence-electron chi connectivity index (χ4n) is 5.10. The summed E-state index contributed by atoms with van der Waals surface area (Å²) in [6.45, 7) is 0. The number of fused-ring (bicyclic) bond motifs is 6. The lowest BCUT2D eigenvalue weighted by Crippen LogP contribution is -2.36. The Morgan fingerprint density at radius 1 is 0.432 bits per heavy atom. The molecule has 0 amide bonds. The van der Waals surface area contributed by atoms with Crippen LogP contribution in [0.4, 0.5) is 5.69 Å². The Balaban J connectivity index is 1.54. The molecule has 0 spiro atoms. The van der Waals surface area contributed by atoms with Crippen molar-refractivity contribution in [1.82, 2.24) is 0 Å². The standard InChI is InChI=1S/C30H21NO2P2S2/c36-34(29-20-10-6-16-25(29)23-14-4-8-18-27(23)32-34)31(22-12-2-1-3-13-22)35(37)30-21-11-7-17-26(30)24-15-5-9-19-28(24)33-35/h1-21H. The van der Waals surface area contributed by atoms with Crippen molar-refractivity contribution in [1.29, 1.82) is 0 Å². The predicted molar refractivity (Wildman–Crippen MR) is 162 cm³/mol. The van der Waals surface area contributed by atoms with Crippen molar-refractivity contribution in [3.63, 3.8) is 0 Å². The Kier molecular flexibility index (Phi) is 5.39. The fourth-order valence-corrected chi connectivity index (χ4v) is 15.4. The number of nitrogens with zero attached hydrogens (tertiary/aromatic N) is 1. The third kappa shape index (κ3) is 3.46. The van der Waals surface area contributed by atoms with Crippen molar-refractivity contribution in [2.75, 3.05) is 4.44 Å². The van der Waals surface area contributed by atoms with E-state index >= 15 is 0 Å². The summed E-state index contributed by atoms with van der Waals surface area (Å²) in [5.74, 6) is 1.55. The molecule has 0 fully saturated rings. The van der Waals surface area contributed by atoms with E-state index in [1.807, 2.05) is 66.7 Å². The van der Waals surface area contributed by atoms with E-state index in [-0.39, 0.29) is 0 Å². The van der Waals surface area contributed by atoms with Crippen molar-refractivity contribution in [3.8, 4) is 33.8 Å². The van der Waals surface area contributed by atoms with Gasteiger partial charge >= 0.3 is 0 Å². The van der Waals surface area contributed by atoms with Crippen molar-refractivity contribution in [2.24, 2.45) is 0 Å². The van der Waals surface area contributed by atoms with Gasteiger partial charge in [0, 0.05) is 21.7 Å². The van der Waals surface area contributed by atoms with Gasteiger partial charge in [0.15, 0.2) is 0 Å². The zero-order chi connectivity index (χ0) is 25.0. The van der Waals surface area contributed by atoms with Crippen LogP contribution >= 0.6 is 12.8 Å². The van der Waals surface area contributed by atoms with Crippen LogP contribution in [-0.2, 0) is 23.6 Å². The van der Waals surface area contributed by atoms with Crippen molar-refractivity contribution < 1.29 is 9.05 Å². The summed E-state index contributed by atoms with van der Waals surface area (Å²) in [7, 11) is 0. The molecule has 2 unspecified atom stereocenters. The first-order chi connectivity index (χ1) is 18.1. The van der Waals surface area contributed by atoms with E-state index in [0.717, 1.165) is 50.0 Å². The highest BCUT2D eigenvalue weighted by Crippen LogP contribution is 2.71. The van der Waals surface area contributed by atoms with Gasteiger partial charge in [0.25, 0.3) is 0 Å². The third-order valence-corrected chi connectivity index (χ3v) is 15.9. The van der Waals surface area contributed by atoms with Gasteiger partial charge in [-0.3, -0.25) is 0 Å². The maximum absolute atomic E-state index is 6.92. The normalized spacial score (nSPS) is 20.8. The van der Waals surface area contributed by atoms with Gasteiger partial charge in [-0.15, -0.1) is 0 Å². The molecule has 180 valence electrons. The van der Waals surface area contributed by atoms with Crippen molar-refractivity contribution in [3.05, 3.63) is 127 Å². The fraction of sp³-hybridized carbons (Fsp3) is 0. The van der Waals surface area contributed by atoms with Crippen molar-refractivity contribution in [2.45, 2.75) is 0 Å². The molecule has 0 saturated carbocycles. The lowest BCUT2D eigenvalue weighted by molar-refractivity contribution is 0.605. The molecule has 37 heavy (non-hydrogen) atoms. The molecule has 0 radical (unpaired) electrons. The molecule has 5 aromatic carbocycles. The first-order valence-electron chi connectivity index (χ1n) is 11.9. The number of para-hydroxylation sites is 3. The van der Waals surface area contributed by atoms with Gasteiger partial charge in [0.2, 0.25) is 12.8 Å². The monoisotopic (exact) mass is 553 g/mol. The summed E-state index contributed by atoms with van der Waals surface area (Å²) >= 11 is 13.3. The second-order valence-electron chi connectivity index (χ2n) is 8.88. The van der Waals surface area contributed by atoms with Gasteiger partial charge in [-0.2, -0.15) is 0 Å². The summed E-state index contributed by atoms with van der Waals surface area (Å²) in [5.41, 5.74) is 5.15. The van der Waals surface area contributed by atoms with Crippen LogP contribution in [0.25, 0.3) is 22.3 Å². The minimum absolute atomic E-state index is 0.776. The summed E-state index contributed by atoms with van der Waals surface area (Å²) in [5, 5.41) is 1.97. The molecular weight excluding hydrogens is 532 g/mol. The van der Waals surface area contributed by atoms with Crippen LogP contribution in [-0.4, -0.2) is 0 Å². The van der Waals surface area contributed by atoms with Crippen LogP contribution in [0.3, 0.4) is 0 Å². The van der Waals surface area contributed by atoms with Crippen LogP contribution < -0.4 is 24.1 Å². The number of rotatable bonds is 3. The largest absolute Gasteiger partial charge is 0.444 e. The molecule has 0 aromatic heterocycles. The number of hydrogen-bond donors (Lipinski definition) is 0. The first-order valence-corrected chi connectivity index (χ1v) is 17.3. The van der Waals surface area contributed by atoms with E-state index in [9.17, 15) is 0 Å². The van der Waals surface area contributed by atoms with E-state index < -0.39 is 12.8 Å². The highest BCUT2D eigenvalue weighted by Gasteiger charge is 2.48. The van der Waals surface area contributed by atoms with Gasteiger partial charge in [0.1, 0.15) is 11.5 Å². The molecule has 0 aliphatic carbocycles. The minimum atomic E-state index is -2.98. The number of hydrogen-bond acceptors (Lipinski definition) is 4. The Labute approximate surface area is 226 Å². The van der Waals surface area contributed by atoms with Gasteiger partial charge in [-0.25, -0.2) is 4.44 Å². The second kappa shape index (κ2) is 8.68. The molecule has 2 heterocycles. The highest BCUT2D eigenvalue weighted by molar-refractivity contribution is 8.27. The smallest absolute Gasteiger partial charge is 0.241 e. The van der Waals surface area contributed by atoms with Gasteiger partial charge in [0.05, 0.1) is 5.69 Å². The van der Waals surface area contributed by atoms with Gasteiger partial charge in [-0.1, -0.05) is 91.0 Å². The van der Waals surface area contributed by atoms with Crippen LogP contribution in [0.1, 0.15) is 0 Å². The maximum atomic E-state index is 6.92. The molecule has 0 saturated heterocycles. The molecular formula is C30H21NO2P2S2. The van der Waals surface area contributed by atoms with E-state index in [1.54, 1.807) is 0 Å². The minimum Gasteiger partial charge on any atom is -0.444 e. The first kappa shape index (κ1) is 23.0. The molecule has 3 nitrogen and oxygen atoms in total. The number of benzene rings is 5. The number of anilines is 1. The molecule has 2 atom stereocenters. The molecule has 0 N–H and O–H groups in total. The quantitative estimate of drug-likeness (QED) is 0.211. The van der Waals surface area contributed by atoms with Crippen LogP contribution in [0.15, 0.2) is 127 Å². The summed E-state index contributed by atoms with van der Waals surface area (Å²) < 4.78 is 16.0. The zero-order valence-corrected chi connectivity index (χ0v) is 23.0. The molecule has 7 heteroatoms. The lowest BCUT2D eigenvalue weighted by Gasteiger charge is -2.47. The SMILES string of the molecule is S=P1(N(c2ccccc2)P2(=S)Oc3ccccc3-c3ccccc32)Oc2ccccc2-c2ccccc21. The van der Waals surface area contributed by atoms with Gasteiger partial charge in [-0.05, 0) is 71.1 Å². The average Bonchev–Trinajstić information content (AvgIpc) is 2.94. The third-order valence-electron chi connectivity index (χ3n) is 6.70. The highest BCUT2D eigenvalue weighted by atomic mass is 32.5. The molecule has 2 aliphatic rings. The predicted octanol–water partition coefficient (Wildman–Crippen LogP) is 7.88. The molecule has 2 aliphatic heterocycles. The van der Waals surface area contributed by atoms with E-state index in [4.69, 9.17) is 32.7 Å². The average molecular weight is 554 g/mol. The maximum Gasteiger partial charge on any atom is 0.241 e. The topological polar surface area (TPSA) is 21.7 Å². The van der Waals surface area contributed by atoms with Gasteiger partial charge < -0.3 is 9.05 Å². The zero-order valence-electron chi connectivity index (χ0n) is 19.6. The van der Waals surface area contributed by atoms with E-state index in [1.165, 1.54) is 0 Å². The Hall–Kier alpha value is -3.20. The Bertz CT molecular complexity index is 1660. The van der Waals surface area contributed by atoms with Crippen LogP contribution in [0.2, 0.25) is 0 Å². The Morgan fingerprint density at radius 3 is 1.30 bits per heavy atom. The summed E-state index contributed by atoms with van der Waals surface area (Å²) in [6.07, 6.45) is -5.96. The summed E-state index contributed by atoms with van der Waals surface area (Å²) in [6, 6.07) is 42.9.